The first kappa shape index (κ1) is 19.3. The number of likely N-dealkylation sites (N-methyl/N-ethyl adjacent to an activating group) is 1. The molecule has 1 N–H and O–H groups in total. The van der Waals surface area contributed by atoms with E-state index in [0.717, 1.165) is 25.2 Å². The van der Waals surface area contributed by atoms with Crippen LogP contribution in [0.3, 0.4) is 0 Å². The van der Waals surface area contributed by atoms with Gasteiger partial charge in [0.1, 0.15) is 0 Å². The van der Waals surface area contributed by atoms with Gasteiger partial charge in [0.15, 0.2) is 11.5 Å². The van der Waals surface area contributed by atoms with Crippen molar-refractivity contribution in [3.63, 3.8) is 0 Å². The Morgan fingerprint density at radius 1 is 0.966 bits per heavy atom. The fraction of sp³-hybridized carbons (Fsp3) is 0.364. The van der Waals surface area contributed by atoms with Gasteiger partial charge in [-0.3, -0.25) is 9.59 Å². The number of hydrogen-bond donors (Lipinski definition) is 1. The van der Waals surface area contributed by atoms with Crippen LogP contribution in [0, 0.1) is 0 Å². The number of carbonyl (C=O) groups is 2. The molecule has 152 valence electrons. The highest BCUT2D eigenvalue weighted by Gasteiger charge is 2.22. The summed E-state index contributed by atoms with van der Waals surface area (Å²) >= 11 is 0. The Morgan fingerprint density at radius 2 is 1.72 bits per heavy atom. The second kappa shape index (κ2) is 8.53. The van der Waals surface area contributed by atoms with Gasteiger partial charge in [-0.2, -0.15) is 0 Å². The predicted molar refractivity (Wildman–Crippen MR) is 108 cm³/mol. The highest BCUT2D eigenvalue weighted by molar-refractivity contribution is 5.99. The van der Waals surface area contributed by atoms with E-state index in [0.29, 0.717) is 42.3 Å². The van der Waals surface area contributed by atoms with Crippen molar-refractivity contribution in [2.24, 2.45) is 0 Å². The van der Waals surface area contributed by atoms with Crippen LogP contribution in [0.5, 0.6) is 11.5 Å². The Hall–Kier alpha value is -3.06. The third-order valence-electron chi connectivity index (χ3n) is 5.37. The molecule has 2 heterocycles. The van der Waals surface area contributed by atoms with E-state index < -0.39 is 0 Å². The van der Waals surface area contributed by atoms with Crippen molar-refractivity contribution in [3.05, 3.63) is 59.2 Å². The maximum atomic E-state index is 12.8. The van der Waals surface area contributed by atoms with E-state index in [1.807, 2.05) is 23.1 Å². The van der Waals surface area contributed by atoms with E-state index in [9.17, 15) is 9.59 Å². The number of benzene rings is 2. The van der Waals surface area contributed by atoms with Crippen molar-refractivity contribution in [1.82, 2.24) is 15.1 Å². The maximum Gasteiger partial charge on any atom is 0.253 e. The molecule has 0 radical (unpaired) electrons. The Morgan fingerprint density at radius 3 is 2.52 bits per heavy atom. The van der Waals surface area contributed by atoms with Gasteiger partial charge in [0.25, 0.3) is 11.8 Å². The smallest absolute Gasteiger partial charge is 0.253 e. The summed E-state index contributed by atoms with van der Waals surface area (Å²) in [7, 11) is 0. The zero-order valence-electron chi connectivity index (χ0n) is 16.5. The molecule has 2 aromatic rings. The molecule has 7 heteroatoms. The van der Waals surface area contributed by atoms with Crippen molar-refractivity contribution in [3.8, 4) is 11.5 Å². The number of carbonyl (C=O) groups excluding carboxylic acids is 2. The van der Waals surface area contributed by atoms with Crippen LogP contribution in [-0.4, -0.2) is 61.1 Å². The summed E-state index contributed by atoms with van der Waals surface area (Å²) < 4.78 is 10.7. The Labute approximate surface area is 170 Å². The van der Waals surface area contributed by atoms with Crippen molar-refractivity contribution in [2.45, 2.75) is 13.5 Å². The summed E-state index contributed by atoms with van der Waals surface area (Å²) in [6, 6.07) is 12.5. The van der Waals surface area contributed by atoms with Crippen LogP contribution >= 0.6 is 0 Å². The van der Waals surface area contributed by atoms with E-state index in [4.69, 9.17) is 9.47 Å². The van der Waals surface area contributed by atoms with Crippen LogP contribution < -0.4 is 14.8 Å². The lowest BCUT2D eigenvalue weighted by molar-refractivity contribution is 0.0643. The Kier molecular flexibility index (Phi) is 5.67. The molecule has 0 atom stereocenters. The fourth-order valence-electron chi connectivity index (χ4n) is 3.58. The second-order valence-electron chi connectivity index (χ2n) is 7.18. The first-order valence-electron chi connectivity index (χ1n) is 9.92. The third kappa shape index (κ3) is 4.35. The van der Waals surface area contributed by atoms with Crippen molar-refractivity contribution >= 4 is 11.8 Å². The molecule has 0 saturated carbocycles. The van der Waals surface area contributed by atoms with Crippen LogP contribution in [-0.2, 0) is 6.54 Å². The van der Waals surface area contributed by atoms with Gasteiger partial charge in [-0.1, -0.05) is 19.1 Å². The van der Waals surface area contributed by atoms with Gasteiger partial charge in [0.2, 0.25) is 6.79 Å². The van der Waals surface area contributed by atoms with Crippen molar-refractivity contribution < 1.29 is 19.1 Å². The van der Waals surface area contributed by atoms with E-state index in [-0.39, 0.29) is 18.6 Å². The average molecular weight is 395 g/mol. The summed E-state index contributed by atoms with van der Waals surface area (Å²) in [6.45, 7) is 6.92. The molecule has 2 amide bonds. The van der Waals surface area contributed by atoms with Gasteiger partial charge in [-0.05, 0) is 42.4 Å². The minimum absolute atomic E-state index is 0.0221. The Balaban J connectivity index is 1.37. The van der Waals surface area contributed by atoms with Gasteiger partial charge in [-0.15, -0.1) is 0 Å². The van der Waals surface area contributed by atoms with E-state index in [1.165, 1.54) is 0 Å². The number of hydrogen-bond acceptors (Lipinski definition) is 5. The topological polar surface area (TPSA) is 71.1 Å². The normalized spacial score (nSPS) is 16.0. The highest BCUT2D eigenvalue weighted by Crippen LogP contribution is 2.32. The van der Waals surface area contributed by atoms with Gasteiger partial charge >= 0.3 is 0 Å². The standard InChI is InChI=1S/C22H25N3O4/c1-2-24-8-10-25(11-9-24)22(27)18-5-3-4-17(13-18)21(26)23-14-16-6-7-19-20(12-16)29-15-28-19/h3-7,12-13H,2,8-11,14-15H2,1H3,(H,23,26). The van der Waals surface area contributed by atoms with Crippen LogP contribution in [0.4, 0.5) is 0 Å². The second-order valence-corrected chi connectivity index (χ2v) is 7.18. The van der Waals surface area contributed by atoms with Gasteiger partial charge in [-0.25, -0.2) is 0 Å². The molecular weight excluding hydrogens is 370 g/mol. The lowest BCUT2D eigenvalue weighted by Gasteiger charge is -2.34. The minimum Gasteiger partial charge on any atom is -0.454 e. The van der Waals surface area contributed by atoms with Gasteiger partial charge in [0, 0.05) is 43.9 Å². The van der Waals surface area contributed by atoms with Crippen molar-refractivity contribution in [2.75, 3.05) is 39.5 Å². The molecule has 0 aromatic heterocycles. The molecule has 4 rings (SSSR count). The first-order valence-corrected chi connectivity index (χ1v) is 9.92. The molecule has 2 aromatic carbocycles. The highest BCUT2D eigenvalue weighted by atomic mass is 16.7. The monoisotopic (exact) mass is 395 g/mol. The number of fused-ring (bicyclic) bond motifs is 1. The maximum absolute atomic E-state index is 12.8. The lowest BCUT2D eigenvalue weighted by atomic mass is 10.1. The molecule has 2 aliphatic rings. The zero-order chi connectivity index (χ0) is 20.2. The van der Waals surface area contributed by atoms with Gasteiger partial charge < -0.3 is 24.6 Å². The first-order chi connectivity index (χ1) is 14.1. The molecule has 0 spiro atoms. The molecule has 7 nitrogen and oxygen atoms in total. The number of piperazine rings is 1. The van der Waals surface area contributed by atoms with Gasteiger partial charge in [0.05, 0.1) is 0 Å². The van der Waals surface area contributed by atoms with E-state index in [1.54, 1.807) is 24.3 Å². The number of ether oxygens (including phenoxy) is 2. The minimum atomic E-state index is -0.215. The molecule has 29 heavy (non-hydrogen) atoms. The zero-order valence-corrected chi connectivity index (χ0v) is 16.5. The average Bonchev–Trinajstić information content (AvgIpc) is 3.25. The summed E-state index contributed by atoms with van der Waals surface area (Å²) in [5, 5.41) is 2.90. The summed E-state index contributed by atoms with van der Waals surface area (Å²) in [5.74, 6) is 1.16. The number of amides is 2. The van der Waals surface area contributed by atoms with Crippen LogP contribution in [0.1, 0.15) is 33.2 Å². The molecule has 0 bridgehead atoms. The van der Waals surface area contributed by atoms with Crippen LogP contribution in [0.2, 0.25) is 0 Å². The molecular formula is C22H25N3O4. The largest absolute Gasteiger partial charge is 0.454 e. The molecule has 2 aliphatic heterocycles. The van der Waals surface area contributed by atoms with Crippen molar-refractivity contribution in [1.29, 1.82) is 0 Å². The number of nitrogens with one attached hydrogen (secondary N) is 1. The summed E-state index contributed by atoms with van der Waals surface area (Å²) in [5.41, 5.74) is 1.94. The summed E-state index contributed by atoms with van der Waals surface area (Å²) in [6.07, 6.45) is 0. The SMILES string of the molecule is CCN1CCN(C(=O)c2cccc(C(=O)NCc3ccc4c(c3)OCO4)c2)CC1. The van der Waals surface area contributed by atoms with Crippen LogP contribution in [0.25, 0.3) is 0 Å². The Bertz CT molecular complexity index is 907. The quantitative estimate of drug-likeness (QED) is 0.840. The predicted octanol–water partition coefficient (Wildman–Crippen LogP) is 2.12. The number of rotatable bonds is 5. The molecule has 1 fully saturated rings. The van der Waals surface area contributed by atoms with E-state index in [2.05, 4.69) is 17.1 Å². The lowest BCUT2D eigenvalue weighted by Crippen LogP contribution is -2.48. The van der Waals surface area contributed by atoms with Crippen LogP contribution in [0.15, 0.2) is 42.5 Å². The summed E-state index contributed by atoms with van der Waals surface area (Å²) in [4.78, 5) is 29.6. The molecule has 0 unspecified atom stereocenters. The number of nitrogens with zero attached hydrogens (tertiary/aromatic N) is 2. The molecule has 1 saturated heterocycles. The fourth-order valence-corrected chi connectivity index (χ4v) is 3.58. The third-order valence-corrected chi connectivity index (χ3v) is 5.37. The van der Waals surface area contributed by atoms with E-state index >= 15 is 0 Å². The molecule has 0 aliphatic carbocycles.